The maximum absolute atomic E-state index is 14.1. The van der Waals surface area contributed by atoms with E-state index in [1.807, 2.05) is 0 Å². The molecule has 260 valence electrons. The van der Waals surface area contributed by atoms with Gasteiger partial charge in [-0.2, -0.15) is 26.3 Å². The van der Waals surface area contributed by atoms with Gasteiger partial charge in [0.05, 0.1) is 40.0 Å². The molecule has 0 spiro atoms. The second kappa shape index (κ2) is 14.9. The Morgan fingerprint density at radius 1 is 0.872 bits per heavy atom. The maximum atomic E-state index is 14.1. The van der Waals surface area contributed by atoms with Gasteiger partial charge >= 0.3 is 18.0 Å². The number of rotatable bonds is 8. The molecule has 0 saturated carbocycles. The van der Waals surface area contributed by atoms with Gasteiger partial charge in [0.25, 0.3) is 11.3 Å². The highest BCUT2D eigenvalue weighted by Gasteiger charge is 2.54. The molecule has 1 aromatic heterocycles. The highest BCUT2D eigenvalue weighted by atomic mass is 35.5. The number of nitrogens with one attached hydrogen (secondary N) is 2. The van der Waals surface area contributed by atoms with E-state index in [4.69, 9.17) is 42.9 Å². The first-order valence-corrected chi connectivity index (χ1v) is 13.7. The monoisotopic (exact) mass is 725 g/mol. The molecule has 1 amide bonds. The largest absolute Gasteiger partial charge is 0.489 e. The van der Waals surface area contributed by atoms with Crippen LogP contribution >= 0.6 is 23.2 Å². The van der Waals surface area contributed by atoms with Gasteiger partial charge < -0.3 is 30.0 Å². The third kappa shape index (κ3) is 10.6. The van der Waals surface area contributed by atoms with Gasteiger partial charge in [-0.15, -0.1) is 0 Å². The zero-order chi connectivity index (χ0) is 36.2. The van der Waals surface area contributed by atoms with Crippen molar-refractivity contribution in [3.63, 3.8) is 0 Å². The molecule has 0 radical (unpaired) electrons. The number of amides is 1. The topological polar surface area (TPSA) is 143 Å². The first-order chi connectivity index (χ1) is 21.3. The number of aliphatic hydroxyl groups is 2. The van der Waals surface area contributed by atoms with Crippen LogP contribution in [0.5, 0.6) is 11.5 Å². The van der Waals surface area contributed by atoms with Crippen LogP contribution in [0.15, 0.2) is 39.9 Å². The molecule has 0 aliphatic heterocycles. The van der Waals surface area contributed by atoms with Crippen molar-refractivity contribution in [3.8, 4) is 17.2 Å². The van der Waals surface area contributed by atoms with Gasteiger partial charge in [0.1, 0.15) is 28.8 Å². The minimum atomic E-state index is -5.44. The number of carbonyl (C=O) groups is 1. The van der Waals surface area contributed by atoms with Crippen LogP contribution in [0.2, 0.25) is 10.0 Å². The van der Waals surface area contributed by atoms with Crippen molar-refractivity contribution in [3.05, 3.63) is 78.5 Å². The minimum absolute atomic E-state index is 0.00782. The second-order valence-corrected chi connectivity index (χ2v) is 10.8. The van der Waals surface area contributed by atoms with E-state index in [0.717, 1.165) is 24.3 Å². The Morgan fingerprint density at radius 3 is 1.81 bits per heavy atom. The Labute approximate surface area is 269 Å². The number of nitrogens with zero attached hydrogens (tertiary/aromatic N) is 1. The third-order valence-electron chi connectivity index (χ3n) is 5.36. The highest BCUT2D eigenvalue weighted by molar-refractivity contribution is 6.32. The number of anilines is 1. The van der Waals surface area contributed by atoms with E-state index >= 15 is 0 Å². The predicted molar refractivity (Wildman–Crippen MR) is 152 cm³/mol. The maximum Gasteiger partial charge on any atom is 0.443 e. The molecule has 20 heteroatoms. The molecule has 3 aromatic rings. The van der Waals surface area contributed by atoms with Gasteiger partial charge in [-0.25, -0.2) is 18.1 Å². The zero-order valence-electron chi connectivity index (χ0n) is 24.4. The van der Waals surface area contributed by atoms with Crippen LogP contribution in [-0.4, -0.2) is 49.8 Å². The number of H-pyrrole nitrogens is 1. The average molecular weight is 726 g/mol. The van der Waals surface area contributed by atoms with Crippen LogP contribution in [-0.2, 0) is 11.0 Å². The van der Waals surface area contributed by atoms with Crippen molar-refractivity contribution in [1.29, 1.82) is 0 Å². The van der Waals surface area contributed by atoms with E-state index in [0.29, 0.717) is 0 Å². The molecule has 0 aliphatic carbocycles. The van der Waals surface area contributed by atoms with Crippen molar-refractivity contribution < 1.29 is 59.6 Å². The molecule has 3 rings (SSSR count). The van der Waals surface area contributed by atoms with E-state index in [1.165, 1.54) is 4.98 Å². The lowest BCUT2D eigenvalue weighted by atomic mass is 10.1. The van der Waals surface area contributed by atoms with Gasteiger partial charge in [0, 0.05) is 18.2 Å². The Bertz CT molecular complexity index is 1690. The lowest BCUT2D eigenvalue weighted by Gasteiger charge is -2.23. The summed E-state index contributed by atoms with van der Waals surface area (Å²) in [5.74, 6) is -7.78. The molecule has 47 heavy (non-hydrogen) atoms. The number of benzene rings is 2. The summed E-state index contributed by atoms with van der Waals surface area (Å²) < 4.78 is 113. The fourth-order valence-electron chi connectivity index (χ4n) is 3.40. The molecule has 1 heterocycles. The molecule has 0 bridgehead atoms. The number of hydrogen-bond donors (Lipinski definition) is 4. The quantitative estimate of drug-likeness (QED) is 0.166. The summed E-state index contributed by atoms with van der Waals surface area (Å²) in [6.07, 6.45) is -12.7. The lowest BCUT2D eigenvalue weighted by molar-refractivity contribution is -0.347. The Morgan fingerprint density at radius 2 is 1.36 bits per heavy atom. The van der Waals surface area contributed by atoms with Crippen LogP contribution in [0, 0.1) is 11.6 Å². The van der Waals surface area contributed by atoms with Crippen LogP contribution in [0.25, 0.3) is 5.69 Å². The third-order valence-corrected chi connectivity index (χ3v) is 5.95. The normalized spacial score (nSPS) is 12.1. The molecule has 2 aromatic carbocycles. The van der Waals surface area contributed by atoms with Crippen molar-refractivity contribution in [2.24, 2.45) is 0 Å². The number of halogens is 10. The molecule has 10 nitrogen and oxygen atoms in total. The second-order valence-electron chi connectivity index (χ2n) is 10.0. The zero-order valence-corrected chi connectivity index (χ0v) is 25.9. The van der Waals surface area contributed by atoms with Gasteiger partial charge in [-0.3, -0.25) is 9.59 Å². The molecule has 0 atom stereocenters. The van der Waals surface area contributed by atoms with Crippen molar-refractivity contribution in [1.82, 2.24) is 9.55 Å². The standard InChI is InChI=1S/C14H11ClF4N2O3.C13H14ClF4NO4/c1-6(2)24-10-4-9(8(16)3-7(10)15)21-12(22)5-11(14(17,18)19)20-13(21)23;1-6(2)23-10-4-9(8(15)3-7(10)14)19-11(20)5-12(21,22)13(16,17)18/h3-6H,1-2H3,(H,20,23);3-4,6,21-22H,5H2,1-2H3,(H,19,20). The predicted octanol–water partition coefficient (Wildman–Crippen LogP) is 5.96. The summed E-state index contributed by atoms with van der Waals surface area (Å²) in [6.45, 7) is 6.65. The Hall–Kier alpha value is -3.87. The van der Waals surface area contributed by atoms with Crippen molar-refractivity contribution in [2.45, 2.75) is 64.5 Å². The Kier molecular flexibility index (Phi) is 12.5. The highest BCUT2D eigenvalue weighted by Crippen LogP contribution is 2.34. The van der Waals surface area contributed by atoms with Gasteiger partial charge in [-0.05, 0) is 39.8 Å². The molecule has 0 unspecified atom stereocenters. The molecule has 0 fully saturated rings. The van der Waals surface area contributed by atoms with Crippen molar-refractivity contribution >= 4 is 34.8 Å². The minimum Gasteiger partial charge on any atom is -0.489 e. The van der Waals surface area contributed by atoms with E-state index in [9.17, 15) is 49.5 Å². The smallest absolute Gasteiger partial charge is 0.443 e. The van der Waals surface area contributed by atoms with E-state index in [-0.39, 0.29) is 44.4 Å². The van der Waals surface area contributed by atoms with Crippen molar-refractivity contribution in [2.75, 3.05) is 5.32 Å². The molecule has 0 aliphatic rings. The number of hydrogen-bond acceptors (Lipinski definition) is 7. The summed E-state index contributed by atoms with van der Waals surface area (Å²) in [5.41, 5.74) is -5.39. The first kappa shape index (κ1) is 39.3. The lowest BCUT2D eigenvalue weighted by Crippen LogP contribution is -2.47. The number of aromatic nitrogens is 2. The molecular weight excluding hydrogens is 701 g/mol. The van der Waals surface area contributed by atoms with Crippen LogP contribution in [0.4, 0.5) is 40.8 Å². The number of ether oxygens (including phenoxy) is 2. The van der Waals surface area contributed by atoms with Crippen LogP contribution in [0.1, 0.15) is 39.8 Å². The van der Waals surface area contributed by atoms with Crippen LogP contribution < -0.4 is 26.0 Å². The summed E-state index contributed by atoms with van der Waals surface area (Å²) >= 11 is 11.6. The molecule has 4 N–H and O–H groups in total. The van der Waals surface area contributed by atoms with Crippen LogP contribution in [0.3, 0.4) is 0 Å². The molecule has 0 saturated heterocycles. The van der Waals surface area contributed by atoms with Gasteiger partial charge in [0.15, 0.2) is 0 Å². The summed E-state index contributed by atoms with van der Waals surface area (Å²) in [6, 6.07) is 3.74. The summed E-state index contributed by atoms with van der Waals surface area (Å²) in [4.78, 5) is 36.7. The number of carbonyl (C=O) groups excluding carboxylic acids is 1. The Balaban J connectivity index is 0.000000327. The van der Waals surface area contributed by atoms with Gasteiger partial charge in [-0.1, -0.05) is 23.2 Å². The van der Waals surface area contributed by atoms with E-state index < -0.39 is 70.4 Å². The average Bonchev–Trinajstić information content (AvgIpc) is 2.87. The summed E-state index contributed by atoms with van der Waals surface area (Å²) in [5, 5.41) is 19.2. The van der Waals surface area contributed by atoms with E-state index in [1.54, 1.807) is 33.0 Å². The first-order valence-electron chi connectivity index (χ1n) is 12.9. The SMILES string of the molecule is CC(C)Oc1cc(-n2c(=O)cc(C(F)(F)F)[nH]c2=O)c(F)cc1Cl.CC(C)Oc1cc(NC(=O)CC(O)(O)C(F)(F)F)c(F)cc1Cl. The number of aromatic amines is 1. The fourth-order valence-corrected chi connectivity index (χ4v) is 3.79. The number of alkyl halides is 6. The summed E-state index contributed by atoms with van der Waals surface area (Å²) in [7, 11) is 0. The van der Waals surface area contributed by atoms with E-state index in [2.05, 4.69) is 0 Å². The van der Waals surface area contributed by atoms with Gasteiger partial charge in [0.2, 0.25) is 5.91 Å². The fraction of sp³-hybridized carbons (Fsp3) is 0.370. The molecular formula is C27H25Cl2F8N3O7.